The first-order valence-electron chi connectivity index (χ1n) is 9.69. The third-order valence-electron chi connectivity index (χ3n) is 5.47. The van der Waals surface area contributed by atoms with Gasteiger partial charge in [0.2, 0.25) is 3.79 Å². The van der Waals surface area contributed by atoms with Gasteiger partial charge >= 0.3 is 12.2 Å². The summed E-state index contributed by atoms with van der Waals surface area (Å²) in [6, 6.07) is 7.29. The van der Waals surface area contributed by atoms with Gasteiger partial charge in [0.1, 0.15) is 12.7 Å². The molecule has 1 fully saturated rings. The van der Waals surface area contributed by atoms with Crippen LogP contribution in [0.25, 0.3) is 0 Å². The number of amides is 1. The van der Waals surface area contributed by atoms with Crippen molar-refractivity contribution < 1.29 is 24.2 Å². The van der Waals surface area contributed by atoms with Crippen LogP contribution in [0.15, 0.2) is 24.3 Å². The highest BCUT2D eigenvalue weighted by atomic mass is 35.6. The van der Waals surface area contributed by atoms with E-state index in [4.69, 9.17) is 55.9 Å². The molecule has 1 amide bonds. The van der Waals surface area contributed by atoms with E-state index in [0.717, 1.165) is 18.4 Å². The maximum Gasteiger partial charge on any atom is 0.508 e. The van der Waals surface area contributed by atoms with Crippen LogP contribution in [0.3, 0.4) is 0 Å². The van der Waals surface area contributed by atoms with Gasteiger partial charge in [-0.2, -0.15) is 0 Å². The molecule has 0 aliphatic carbocycles. The average molecular weight is 501 g/mol. The lowest BCUT2D eigenvalue weighted by molar-refractivity contribution is -0.0368. The van der Waals surface area contributed by atoms with Gasteiger partial charge < -0.3 is 19.5 Å². The molecule has 0 saturated carbocycles. The highest BCUT2D eigenvalue weighted by Crippen LogP contribution is 2.41. The number of halogens is 4. The zero-order valence-corrected chi connectivity index (χ0v) is 19.7. The second kappa shape index (κ2) is 11.0. The minimum Gasteiger partial charge on any atom is -0.465 e. The Labute approximate surface area is 196 Å². The molecule has 30 heavy (non-hydrogen) atoms. The topological polar surface area (TPSA) is 76.1 Å². The molecule has 6 nitrogen and oxygen atoms in total. The summed E-state index contributed by atoms with van der Waals surface area (Å²) in [6.45, 7) is 4.02. The van der Waals surface area contributed by atoms with Crippen LogP contribution >= 0.6 is 46.4 Å². The van der Waals surface area contributed by atoms with Gasteiger partial charge in [0.05, 0.1) is 6.54 Å². The van der Waals surface area contributed by atoms with Gasteiger partial charge in [-0.25, -0.2) is 9.59 Å². The first kappa shape index (κ1) is 25.2. The van der Waals surface area contributed by atoms with Gasteiger partial charge in [-0.1, -0.05) is 85.2 Å². The zero-order valence-electron chi connectivity index (χ0n) is 16.7. The maximum atomic E-state index is 12.3. The molecule has 1 aromatic carbocycles. The molecule has 0 spiro atoms. The van der Waals surface area contributed by atoms with Crippen LogP contribution in [0.1, 0.15) is 38.2 Å². The fourth-order valence-electron chi connectivity index (χ4n) is 4.10. The summed E-state index contributed by atoms with van der Waals surface area (Å²) in [5.74, 6) is -0.0591. The van der Waals surface area contributed by atoms with Gasteiger partial charge in [0.25, 0.3) is 0 Å². The predicted molar refractivity (Wildman–Crippen MR) is 118 cm³/mol. The summed E-state index contributed by atoms with van der Waals surface area (Å²) < 4.78 is 8.70. The molecule has 168 valence electrons. The summed E-state index contributed by atoms with van der Waals surface area (Å²) in [7, 11) is 0. The largest absolute Gasteiger partial charge is 0.508 e. The van der Waals surface area contributed by atoms with Gasteiger partial charge in [0, 0.05) is 17.5 Å². The maximum absolute atomic E-state index is 12.3. The van der Waals surface area contributed by atoms with Crippen molar-refractivity contribution >= 4 is 58.7 Å². The quantitative estimate of drug-likeness (QED) is 0.363. The molecule has 1 N–H and O–H groups in total. The first-order chi connectivity index (χ1) is 14.1. The lowest BCUT2D eigenvalue weighted by Gasteiger charge is -2.45. The molecule has 1 aromatic rings. The molecule has 0 bridgehead atoms. The van der Waals surface area contributed by atoms with E-state index in [1.165, 1.54) is 4.90 Å². The molecule has 1 aliphatic rings. The molecular weight excluding hydrogens is 476 g/mol. The molecule has 0 aromatic heterocycles. The van der Waals surface area contributed by atoms with Crippen molar-refractivity contribution in [3.8, 4) is 0 Å². The van der Waals surface area contributed by atoms with Crippen molar-refractivity contribution in [3.05, 3.63) is 34.9 Å². The first-order valence-corrected chi connectivity index (χ1v) is 11.2. The van der Waals surface area contributed by atoms with Crippen LogP contribution in [-0.2, 0) is 9.47 Å². The molecular formula is C20H25Cl4NO5. The normalized spacial score (nSPS) is 22.1. The van der Waals surface area contributed by atoms with Crippen LogP contribution in [-0.4, -0.2) is 51.8 Å². The summed E-state index contributed by atoms with van der Waals surface area (Å²) in [4.78, 5) is 25.3. The van der Waals surface area contributed by atoms with Crippen LogP contribution < -0.4 is 0 Å². The number of ether oxygens (including phenoxy) is 2. The van der Waals surface area contributed by atoms with E-state index in [0.29, 0.717) is 11.6 Å². The molecule has 3 atom stereocenters. The van der Waals surface area contributed by atoms with Crippen molar-refractivity contribution in [1.82, 2.24) is 4.90 Å². The second-order valence-corrected chi connectivity index (χ2v) is 10.3. The van der Waals surface area contributed by atoms with Crippen molar-refractivity contribution in [3.63, 3.8) is 0 Å². The number of rotatable bonds is 6. The third kappa shape index (κ3) is 6.98. The number of nitrogens with zero attached hydrogens (tertiary/aromatic N) is 1. The number of alkyl halides is 3. The SMILES string of the molecule is CCC(CC)C1CN(C(=O)O)CC(OC(=O)OCC(Cl)(Cl)Cl)C1c1ccc(Cl)cc1. The Morgan fingerprint density at radius 1 is 1.17 bits per heavy atom. The predicted octanol–water partition coefficient (Wildman–Crippen LogP) is 6.36. The van der Waals surface area contributed by atoms with E-state index in [9.17, 15) is 14.7 Å². The van der Waals surface area contributed by atoms with Crippen molar-refractivity contribution in [2.24, 2.45) is 11.8 Å². The fourth-order valence-corrected chi connectivity index (χ4v) is 4.39. The van der Waals surface area contributed by atoms with Gasteiger partial charge in [-0.15, -0.1) is 0 Å². The van der Waals surface area contributed by atoms with Crippen LogP contribution in [0, 0.1) is 11.8 Å². The Morgan fingerprint density at radius 3 is 2.27 bits per heavy atom. The van der Waals surface area contributed by atoms with Crippen molar-refractivity contribution in [1.29, 1.82) is 0 Å². The van der Waals surface area contributed by atoms with Crippen molar-refractivity contribution in [2.45, 2.75) is 42.5 Å². The Bertz CT molecular complexity index is 721. The molecule has 0 radical (unpaired) electrons. The van der Waals surface area contributed by atoms with Crippen LogP contribution in [0.2, 0.25) is 5.02 Å². The van der Waals surface area contributed by atoms with E-state index < -0.39 is 28.8 Å². The zero-order chi connectivity index (χ0) is 22.5. The number of carboxylic acid groups (broad SMARTS) is 1. The lowest BCUT2D eigenvalue weighted by Crippen LogP contribution is -2.53. The second-order valence-electron chi connectivity index (χ2n) is 7.32. The summed E-state index contributed by atoms with van der Waals surface area (Å²) in [6.07, 6.45) is -1.11. The standard InChI is InChI=1S/C20H25Cl4NO5/c1-3-12(4-2)15-9-25(18(26)27)10-16(30-19(28)29-11-20(22,23)24)17(15)13-5-7-14(21)8-6-13/h5-8,12,15-17H,3-4,9-11H2,1-2H3,(H,26,27). The Kier molecular flexibility index (Phi) is 9.22. The van der Waals surface area contributed by atoms with E-state index in [1.807, 2.05) is 12.1 Å². The highest BCUT2D eigenvalue weighted by molar-refractivity contribution is 6.67. The Hall–Kier alpha value is -1.08. The highest BCUT2D eigenvalue weighted by Gasteiger charge is 2.44. The van der Waals surface area contributed by atoms with Crippen molar-refractivity contribution in [2.75, 3.05) is 19.7 Å². The Morgan fingerprint density at radius 2 is 1.77 bits per heavy atom. The molecule has 3 unspecified atom stereocenters. The minimum absolute atomic E-state index is 0.0160. The number of likely N-dealkylation sites (tertiary alicyclic amines) is 1. The molecule has 1 aliphatic heterocycles. The third-order valence-corrected chi connectivity index (χ3v) is 6.05. The summed E-state index contributed by atoms with van der Waals surface area (Å²) >= 11 is 22.9. The van der Waals surface area contributed by atoms with Crippen LogP contribution in [0.4, 0.5) is 9.59 Å². The van der Waals surface area contributed by atoms with Gasteiger partial charge in [-0.3, -0.25) is 0 Å². The van der Waals surface area contributed by atoms with E-state index in [1.54, 1.807) is 12.1 Å². The van der Waals surface area contributed by atoms with E-state index in [-0.39, 0.29) is 24.3 Å². The number of hydrogen-bond acceptors (Lipinski definition) is 4. The van der Waals surface area contributed by atoms with E-state index in [2.05, 4.69) is 13.8 Å². The van der Waals surface area contributed by atoms with E-state index >= 15 is 0 Å². The molecule has 2 rings (SSSR count). The number of carbonyl (C=O) groups is 2. The van der Waals surface area contributed by atoms with Crippen LogP contribution in [0.5, 0.6) is 0 Å². The summed E-state index contributed by atoms with van der Waals surface area (Å²) in [5, 5.41) is 10.2. The minimum atomic E-state index is -1.77. The van der Waals surface area contributed by atoms with Gasteiger partial charge in [0.15, 0.2) is 0 Å². The molecule has 1 saturated heterocycles. The monoisotopic (exact) mass is 499 g/mol. The van der Waals surface area contributed by atoms with Gasteiger partial charge in [-0.05, 0) is 29.5 Å². The number of carbonyl (C=O) groups excluding carboxylic acids is 1. The number of benzene rings is 1. The molecule has 1 heterocycles. The Balaban J connectivity index is 2.36. The lowest BCUT2D eigenvalue weighted by atomic mass is 9.70. The smallest absolute Gasteiger partial charge is 0.465 e. The number of piperidine rings is 1. The summed E-state index contributed by atoms with van der Waals surface area (Å²) in [5.41, 5.74) is 0.917. The number of hydrogen-bond donors (Lipinski definition) is 1. The fraction of sp³-hybridized carbons (Fsp3) is 0.600. The molecule has 10 heteroatoms. The average Bonchev–Trinajstić information content (AvgIpc) is 2.67.